The molecule has 0 heterocycles. The molecule has 0 amide bonds. The Bertz CT molecular complexity index is 746. The van der Waals surface area contributed by atoms with Gasteiger partial charge >= 0.3 is 5.69 Å². The van der Waals surface area contributed by atoms with Gasteiger partial charge in [-0.15, -0.1) is 0 Å². The van der Waals surface area contributed by atoms with Crippen molar-refractivity contribution in [2.75, 3.05) is 5.43 Å². The summed E-state index contributed by atoms with van der Waals surface area (Å²) in [6.45, 7) is 0. The van der Waals surface area contributed by atoms with Gasteiger partial charge in [0.1, 0.15) is 5.69 Å². The lowest BCUT2D eigenvalue weighted by molar-refractivity contribution is -0.393. The quantitative estimate of drug-likeness (QED) is 0.668. The van der Waals surface area contributed by atoms with E-state index in [9.17, 15) is 20.2 Å². The van der Waals surface area contributed by atoms with Crippen LogP contribution in [0.5, 0.6) is 0 Å². The minimum Gasteiger partial charge on any atom is -0.272 e. The third-order valence-electron chi connectivity index (χ3n) is 5.73. The van der Waals surface area contributed by atoms with Crippen molar-refractivity contribution in [3.05, 3.63) is 38.4 Å². The van der Waals surface area contributed by atoms with E-state index >= 15 is 0 Å². The number of anilines is 1. The Kier molecular flexibility index (Phi) is 3.47. The second-order valence-corrected chi connectivity index (χ2v) is 7.18. The van der Waals surface area contributed by atoms with E-state index in [1.165, 1.54) is 37.8 Å². The van der Waals surface area contributed by atoms with E-state index in [0.29, 0.717) is 11.8 Å². The Hall–Kier alpha value is -2.51. The third kappa shape index (κ3) is 2.51. The van der Waals surface area contributed by atoms with Gasteiger partial charge in [-0.05, 0) is 55.9 Å². The molecule has 1 N–H and O–H groups in total. The van der Waals surface area contributed by atoms with Crippen LogP contribution in [0.1, 0.15) is 32.1 Å². The van der Waals surface area contributed by atoms with Crippen molar-refractivity contribution in [2.24, 2.45) is 28.8 Å². The van der Waals surface area contributed by atoms with E-state index < -0.39 is 9.85 Å². The Morgan fingerprint density at radius 2 is 1.83 bits per heavy atom. The van der Waals surface area contributed by atoms with Gasteiger partial charge in [0.25, 0.3) is 5.69 Å². The lowest BCUT2D eigenvalue weighted by Crippen LogP contribution is -2.31. The summed E-state index contributed by atoms with van der Waals surface area (Å²) in [5, 5.41) is 26.5. The highest BCUT2D eigenvalue weighted by Crippen LogP contribution is 2.54. The van der Waals surface area contributed by atoms with Crippen molar-refractivity contribution in [2.45, 2.75) is 32.1 Å². The Morgan fingerprint density at radius 1 is 1.04 bits per heavy atom. The van der Waals surface area contributed by atoms with Crippen LogP contribution in [-0.4, -0.2) is 15.6 Å². The first-order chi connectivity index (χ1) is 11.5. The normalized spacial score (nSPS) is 32.1. The molecular weight excluding hydrogens is 312 g/mol. The molecule has 3 saturated carbocycles. The molecule has 24 heavy (non-hydrogen) atoms. The van der Waals surface area contributed by atoms with E-state index in [4.69, 9.17) is 0 Å². The molecule has 8 nitrogen and oxygen atoms in total. The maximum atomic E-state index is 11.2. The first kappa shape index (κ1) is 15.0. The number of fused-ring (bicyclic) bond motifs is 2. The SMILES string of the molecule is O=[N+]([O-])c1ccc(N/N=C2/C[C@@H]3C[C@H]4C[C@@H](C3)[C@@H]2C4)c([N+](=O)[O-])c1. The van der Waals surface area contributed by atoms with Gasteiger partial charge in [-0.2, -0.15) is 5.10 Å². The zero-order chi connectivity index (χ0) is 16.8. The molecule has 3 aliphatic rings. The monoisotopic (exact) mass is 330 g/mol. The second-order valence-electron chi connectivity index (χ2n) is 7.18. The van der Waals surface area contributed by atoms with Gasteiger partial charge in [0, 0.05) is 17.7 Å². The predicted molar refractivity (Wildman–Crippen MR) is 87.9 cm³/mol. The average molecular weight is 330 g/mol. The highest BCUT2D eigenvalue weighted by atomic mass is 16.6. The van der Waals surface area contributed by atoms with Crippen LogP contribution in [0.2, 0.25) is 0 Å². The molecule has 4 rings (SSSR count). The van der Waals surface area contributed by atoms with E-state index in [2.05, 4.69) is 10.5 Å². The fourth-order valence-electron chi connectivity index (χ4n) is 4.85. The van der Waals surface area contributed by atoms with Gasteiger partial charge in [0.2, 0.25) is 0 Å². The minimum absolute atomic E-state index is 0.200. The van der Waals surface area contributed by atoms with Gasteiger partial charge < -0.3 is 0 Å². The smallest absolute Gasteiger partial charge is 0.272 e. The molecule has 0 saturated heterocycles. The van der Waals surface area contributed by atoms with Crippen LogP contribution in [0, 0.1) is 43.9 Å². The Balaban J connectivity index is 1.59. The Labute approximate surface area is 138 Å². The Morgan fingerprint density at radius 3 is 2.58 bits per heavy atom. The number of rotatable bonds is 4. The average Bonchev–Trinajstić information content (AvgIpc) is 2.77. The maximum Gasteiger partial charge on any atom is 0.301 e. The molecule has 4 atom stereocenters. The van der Waals surface area contributed by atoms with Crippen LogP contribution in [0.25, 0.3) is 0 Å². The molecule has 126 valence electrons. The number of nitrogens with one attached hydrogen (secondary N) is 1. The number of nitro groups is 2. The van der Waals surface area contributed by atoms with Gasteiger partial charge in [-0.3, -0.25) is 25.7 Å². The third-order valence-corrected chi connectivity index (χ3v) is 5.73. The molecule has 0 radical (unpaired) electrons. The van der Waals surface area contributed by atoms with E-state index in [1.54, 1.807) is 0 Å². The number of benzene rings is 1. The van der Waals surface area contributed by atoms with Crippen molar-refractivity contribution < 1.29 is 9.85 Å². The molecule has 8 heteroatoms. The van der Waals surface area contributed by atoms with Crippen LogP contribution in [0.15, 0.2) is 23.3 Å². The van der Waals surface area contributed by atoms with E-state index in [0.717, 1.165) is 30.0 Å². The van der Waals surface area contributed by atoms with Crippen molar-refractivity contribution in [3.63, 3.8) is 0 Å². The summed E-state index contributed by atoms with van der Waals surface area (Å²) in [5.41, 5.74) is 3.50. The van der Waals surface area contributed by atoms with Crippen LogP contribution < -0.4 is 5.43 Å². The molecule has 0 aromatic heterocycles. The first-order valence-electron chi connectivity index (χ1n) is 8.26. The summed E-state index contributed by atoms with van der Waals surface area (Å²) < 4.78 is 0. The lowest BCUT2D eigenvalue weighted by Gasteiger charge is -2.34. The van der Waals surface area contributed by atoms with Gasteiger partial charge in [0.15, 0.2) is 0 Å². The molecule has 0 aliphatic heterocycles. The van der Waals surface area contributed by atoms with Gasteiger partial charge in [-0.25, -0.2) is 0 Å². The molecule has 0 unspecified atom stereocenters. The van der Waals surface area contributed by atoms with Crippen LogP contribution >= 0.6 is 0 Å². The number of hydrogen-bond acceptors (Lipinski definition) is 6. The number of nitro benzene ring substituents is 2. The number of non-ortho nitro benzene ring substituents is 1. The minimum atomic E-state index is -0.639. The predicted octanol–water partition coefficient (Wildman–Crippen LogP) is 3.73. The second kappa shape index (κ2) is 5.54. The van der Waals surface area contributed by atoms with Gasteiger partial charge in [-0.1, -0.05) is 0 Å². The highest BCUT2D eigenvalue weighted by molar-refractivity contribution is 5.89. The molecule has 3 fully saturated rings. The molecular formula is C16H18N4O4. The first-order valence-corrected chi connectivity index (χ1v) is 8.26. The van der Waals surface area contributed by atoms with E-state index in [-0.39, 0.29) is 17.1 Å². The topological polar surface area (TPSA) is 111 Å². The summed E-state index contributed by atoms with van der Waals surface area (Å²) in [6.07, 6.45) is 6.01. The van der Waals surface area contributed by atoms with Crippen molar-refractivity contribution in [1.82, 2.24) is 0 Å². The highest BCUT2D eigenvalue weighted by Gasteiger charge is 2.47. The molecule has 1 aromatic rings. The zero-order valence-corrected chi connectivity index (χ0v) is 13.1. The summed E-state index contributed by atoms with van der Waals surface area (Å²) in [6, 6.07) is 3.58. The maximum absolute atomic E-state index is 11.2. The zero-order valence-electron chi connectivity index (χ0n) is 13.1. The summed E-state index contributed by atoms with van der Waals surface area (Å²) in [5.74, 6) is 2.73. The van der Waals surface area contributed by atoms with Crippen LogP contribution in [0.3, 0.4) is 0 Å². The standard InChI is InChI=1S/C16H18N4O4/c21-19(22)12-1-2-14(16(8-12)20(23)24)17-18-15-7-10-3-9-4-11(5-10)13(15)6-9/h1-2,8-11,13,17H,3-7H2/b18-15-/t9-,10+,11-,13-/m0/s1. The van der Waals surface area contributed by atoms with Crippen molar-refractivity contribution in [1.29, 1.82) is 0 Å². The van der Waals surface area contributed by atoms with Crippen molar-refractivity contribution >= 4 is 22.8 Å². The fraction of sp³-hybridized carbons (Fsp3) is 0.562. The molecule has 0 spiro atoms. The van der Waals surface area contributed by atoms with Crippen LogP contribution in [-0.2, 0) is 0 Å². The summed E-state index contributed by atoms with van der Waals surface area (Å²) >= 11 is 0. The fourth-order valence-corrected chi connectivity index (χ4v) is 4.85. The number of hydrazone groups is 1. The summed E-state index contributed by atoms with van der Waals surface area (Å²) in [4.78, 5) is 20.7. The van der Waals surface area contributed by atoms with Crippen LogP contribution in [0.4, 0.5) is 17.1 Å². The largest absolute Gasteiger partial charge is 0.301 e. The molecule has 3 aliphatic carbocycles. The molecule has 3 bridgehead atoms. The molecule has 1 aromatic carbocycles. The number of hydrogen-bond donors (Lipinski definition) is 1. The number of nitrogens with zero attached hydrogens (tertiary/aromatic N) is 3. The van der Waals surface area contributed by atoms with Crippen molar-refractivity contribution in [3.8, 4) is 0 Å². The summed E-state index contributed by atoms with van der Waals surface area (Å²) in [7, 11) is 0. The van der Waals surface area contributed by atoms with E-state index in [1.807, 2.05) is 0 Å². The van der Waals surface area contributed by atoms with Gasteiger partial charge in [0.05, 0.1) is 15.9 Å². The lowest BCUT2D eigenvalue weighted by atomic mass is 9.71.